The zero-order valence-electron chi connectivity index (χ0n) is 11.3. The molecule has 0 heterocycles. The maximum Gasteiger partial charge on any atom is 0.317 e. The lowest BCUT2D eigenvalue weighted by Crippen LogP contribution is -2.31. The molecule has 0 aliphatic heterocycles. The van der Waals surface area contributed by atoms with Crippen LogP contribution >= 0.6 is 23.4 Å². The van der Waals surface area contributed by atoms with E-state index in [9.17, 15) is 9.59 Å². The Labute approximate surface area is 131 Å². The standard InChI is InChI=1S/C15H14ClNO3S/c1-9(15(17)19)20-13(18)8-21-12-7-3-5-10-4-2-6-11(16)14(10)12/h2-7,9H,8H2,1H3,(H2,17,19)/t9-/m0/s1. The predicted molar refractivity (Wildman–Crippen MR) is 84.4 cm³/mol. The van der Waals surface area contributed by atoms with Gasteiger partial charge in [0.2, 0.25) is 0 Å². The summed E-state index contributed by atoms with van der Waals surface area (Å²) in [5.74, 6) is -1.07. The average Bonchev–Trinajstić information content (AvgIpc) is 2.45. The highest BCUT2D eigenvalue weighted by Gasteiger charge is 2.15. The van der Waals surface area contributed by atoms with Gasteiger partial charge >= 0.3 is 5.97 Å². The first-order valence-electron chi connectivity index (χ1n) is 6.28. The zero-order valence-corrected chi connectivity index (χ0v) is 12.9. The van der Waals surface area contributed by atoms with Crippen molar-refractivity contribution in [1.29, 1.82) is 0 Å². The molecule has 0 aromatic heterocycles. The molecule has 1 amide bonds. The van der Waals surface area contributed by atoms with Crippen LogP contribution in [0.3, 0.4) is 0 Å². The van der Waals surface area contributed by atoms with Gasteiger partial charge in [-0.1, -0.05) is 35.9 Å². The third-order valence-electron chi connectivity index (χ3n) is 2.87. The molecule has 1 atom stereocenters. The van der Waals surface area contributed by atoms with Gasteiger partial charge in [-0.3, -0.25) is 9.59 Å². The van der Waals surface area contributed by atoms with Gasteiger partial charge < -0.3 is 10.5 Å². The van der Waals surface area contributed by atoms with Crippen LogP contribution in [-0.2, 0) is 14.3 Å². The molecular formula is C15H14ClNO3S. The van der Waals surface area contributed by atoms with Gasteiger partial charge in [-0.15, -0.1) is 11.8 Å². The Kier molecular flexibility index (Phi) is 5.09. The van der Waals surface area contributed by atoms with Crippen LogP contribution in [0.4, 0.5) is 0 Å². The summed E-state index contributed by atoms with van der Waals surface area (Å²) in [5, 5.41) is 2.54. The lowest BCUT2D eigenvalue weighted by atomic mass is 10.1. The molecule has 2 N–H and O–H groups in total. The van der Waals surface area contributed by atoms with Crippen molar-refractivity contribution >= 4 is 46.0 Å². The number of rotatable bonds is 5. The van der Waals surface area contributed by atoms with Crippen molar-refractivity contribution < 1.29 is 14.3 Å². The second-order valence-corrected chi connectivity index (χ2v) is 5.84. The number of thioether (sulfide) groups is 1. The largest absolute Gasteiger partial charge is 0.452 e. The average molecular weight is 324 g/mol. The first-order valence-corrected chi connectivity index (χ1v) is 7.64. The number of hydrogen-bond acceptors (Lipinski definition) is 4. The van der Waals surface area contributed by atoms with E-state index >= 15 is 0 Å². The third-order valence-corrected chi connectivity index (χ3v) is 4.22. The molecule has 0 saturated heterocycles. The molecular weight excluding hydrogens is 310 g/mol. The fourth-order valence-electron chi connectivity index (χ4n) is 1.81. The van der Waals surface area contributed by atoms with Crippen molar-refractivity contribution in [3.8, 4) is 0 Å². The minimum absolute atomic E-state index is 0.0853. The second kappa shape index (κ2) is 6.83. The molecule has 0 aliphatic rings. The summed E-state index contributed by atoms with van der Waals surface area (Å²) < 4.78 is 4.91. The summed E-state index contributed by atoms with van der Waals surface area (Å²) in [5.41, 5.74) is 5.05. The number of carbonyl (C=O) groups excluding carboxylic acids is 2. The summed E-state index contributed by atoms with van der Waals surface area (Å²) in [6.45, 7) is 1.44. The Bertz CT molecular complexity index is 684. The Morgan fingerprint density at radius 2 is 1.95 bits per heavy atom. The van der Waals surface area contributed by atoms with E-state index in [0.717, 1.165) is 15.7 Å². The molecule has 21 heavy (non-hydrogen) atoms. The van der Waals surface area contributed by atoms with Gasteiger partial charge in [-0.25, -0.2) is 0 Å². The van der Waals surface area contributed by atoms with Crippen LogP contribution in [0.5, 0.6) is 0 Å². The van der Waals surface area contributed by atoms with E-state index < -0.39 is 18.0 Å². The van der Waals surface area contributed by atoms with Crippen molar-refractivity contribution in [2.45, 2.75) is 17.9 Å². The molecule has 2 aromatic rings. The van der Waals surface area contributed by atoms with Gasteiger partial charge in [0, 0.05) is 15.3 Å². The Balaban J connectivity index is 2.11. The molecule has 0 aliphatic carbocycles. The first kappa shape index (κ1) is 15.7. The van der Waals surface area contributed by atoms with Crippen LogP contribution in [0.1, 0.15) is 6.92 Å². The minimum atomic E-state index is -0.922. The molecule has 0 radical (unpaired) electrons. The number of nitrogens with two attached hydrogens (primary N) is 1. The van der Waals surface area contributed by atoms with Gasteiger partial charge in [-0.2, -0.15) is 0 Å². The SMILES string of the molecule is C[C@H](OC(=O)CSc1cccc2cccc(Cl)c12)C(N)=O. The van der Waals surface area contributed by atoms with Gasteiger partial charge in [-0.05, 0) is 24.4 Å². The van der Waals surface area contributed by atoms with Crippen LogP contribution < -0.4 is 5.73 Å². The highest BCUT2D eigenvalue weighted by atomic mass is 35.5. The van der Waals surface area contributed by atoms with E-state index in [2.05, 4.69) is 0 Å². The van der Waals surface area contributed by atoms with Gasteiger partial charge in [0.1, 0.15) is 0 Å². The monoisotopic (exact) mass is 323 g/mol. The second-order valence-electron chi connectivity index (χ2n) is 4.42. The smallest absolute Gasteiger partial charge is 0.317 e. The number of ether oxygens (including phenoxy) is 1. The fraction of sp³-hybridized carbons (Fsp3) is 0.200. The molecule has 0 saturated carbocycles. The Hall–Kier alpha value is -1.72. The molecule has 0 spiro atoms. The number of esters is 1. The van der Waals surface area contributed by atoms with Crippen molar-refractivity contribution in [2.24, 2.45) is 5.73 Å². The van der Waals surface area contributed by atoms with Crippen LogP contribution in [-0.4, -0.2) is 23.7 Å². The van der Waals surface area contributed by atoms with Crippen LogP contribution in [0.15, 0.2) is 41.3 Å². The van der Waals surface area contributed by atoms with Crippen LogP contribution in [0.2, 0.25) is 5.02 Å². The quantitative estimate of drug-likeness (QED) is 0.678. The van der Waals surface area contributed by atoms with Crippen LogP contribution in [0, 0.1) is 0 Å². The van der Waals surface area contributed by atoms with E-state index in [1.54, 1.807) is 6.07 Å². The van der Waals surface area contributed by atoms with Crippen molar-refractivity contribution in [3.05, 3.63) is 41.4 Å². The lowest BCUT2D eigenvalue weighted by Gasteiger charge is -2.10. The van der Waals surface area contributed by atoms with Crippen molar-refractivity contribution in [1.82, 2.24) is 0 Å². The fourth-order valence-corrected chi connectivity index (χ4v) is 3.04. The van der Waals surface area contributed by atoms with E-state index in [1.807, 2.05) is 30.3 Å². The molecule has 0 bridgehead atoms. The number of hydrogen-bond donors (Lipinski definition) is 1. The summed E-state index contributed by atoms with van der Waals surface area (Å²) >= 11 is 7.53. The summed E-state index contributed by atoms with van der Waals surface area (Å²) in [4.78, 5) is 23.4. The Morgan fingerprint density at radius 1 is 1.29 bits per heavy atom. The molecule has 6 heteroatoms. The maximum atomic E-state index is 11.7. The summed E-state index contributed by atoms with van der Waals surface area (Å²) in [6.07, 6.45) is -0.922. The normalized spacial score (nSPS) is 12.1. The molecule has 110 valence electrons. The predicted octanol–water partition coefficient (Wildman–Crippen LogP) is 3.00. The molecule has 2 aromatic carbocycles. The highest BCUT2D eigenvalue weighted by Crippen LogP contribution is 2.33. The van der Waals surface area contributed by atoms with Crippen molar-refractivity contribution in [2.75, 3.05) is 5.75 Å². The van der Waals surface area contributed by atoms with Crippen LogP contribution in [0.25, 0.3) is 10.8 Å². The van der Waals surface area contributed by atoms with E-state index in [0.29, 0.717) is 5.02 Å². The number of primary amides is 1. The topological polar surface area (TPSA) is 69.4 Å². The lowest BCUT2D eigenvalue weighted by molar-refractivity contribution is -0.151. The summed E-state index contributed by atoms with van der Waals surface area (Å²) in [6, 6.07) is 11.4. The van der Waals surface area contributed by atoms with Gasteiger partial charge in [0.05, 0.1) is 5.75 Å². The van der Waals surface area contributed by atoms with Gasteiger partial charge in [0.15, 0.2) is 6.10 Å². The number of carbonyl (C=O) groups is 2. The van der Waals surface area contributed by atoms with Crippen molar-refractivity contribution in [3.63, 3.8) is 0 Å². The van der Waals surface area contributed by atoms with E-state index in [4.69, 9.17) is 22.1 Å². The molecule has 0 fully saturated rings. The molecule has 0 unspecified atom stereocenters. The van der Waals surface area contributed by atoms with Gasteiger partial charge in [0.25, 0.3) is 5.91 Å². The number of fused-ring (bicyclic) bond motifs is 1. The summed E-state index contributed by atoms with van der Waals surface area (Å²) in [7, 11) is 0. The Morgan fingerprint density at radius 3 is 2.62 bits per heavy atom. The highest BCUT2D eigenvalue weighted by molar-refractivity contribution is 8.00. The molecule has 4 nitrogen and oxygen atoms in total. The molecule has 2 rings (SSSR count). The maximum absolute atomic E-state index is 11.7. The van der Waals surface area contributed by atoms with E-state index in [1.165, 1.54) is 18.7 Å². The number of benzene rings is 2. The zero-order chi connectivity index (χ0) is 15.4. The minimum Gasteiger partial charge on any atom is -0.452 e. The third kappa shape index (κ3) is 3.89. The number of amides is 1. The van der Waals surface area contributed by atoms with E-state index in [-0.39, 0.29) is 5.75 Å². The number of halogens is 1. The first-order chi connectivity index (χ1) is 9.99.